The molecule has 0 N–H and O–H groups in total. The van der Waals surface area contributed by atoms with E-state index in [4.69, 9.17) is 0 Å². The zero-order chi connectivity index (χ0) is 16.8. The lowest BCUT2D eigenvalue weighted by atomic mass is 10.0. The van der Waals surface area contributed by atoms with Crippen LogP contribution in [0.25, 0.3) is 11.0 Å². The van der Waals surface area contributed by atoms with Gasteiger partial charge in [0.1, 0.15) is 0 Å². The van der Waals surface area contributed by atoms with E-state index >= 15 is 0 Å². The van der Waals surface area contributed by atoms with Crippen molar-refractivity contribution in [1.29, 1.82) is 0 Å². The second-order valence-corrected chi connectivity index (χ2v) is 8.38. The summed E-state index contributed by atoms with van der Waals surface area (Å²) in [5.41, 5.74) is 3.24. The fourth-order valence-electron chi connectivity index (χ4n) is 3.34. The van der Waals surface area contributed by atoms with Crippen LogP contribution in [0.3, 0.4) is 0 Å². The highest BCUT2D eigenvalue weighted by Gasteiger charge is 2.27. The Morgan fingerprint density at radius 1 is 1.42 bits per heavy atom. The first-order valence-electron chi connectivity index (χ1n) is 8.04. The van der Waals surface area contributed by atoms with Crippen LogP contribution in [-0.2, 0) is 11.2 Å². The van der Waals surface area contributed by atoms with Crippen LogP contribution in [0.5, 0.6) is 0 Å². The van der Waals surface area contributed by atoms with Crippen molar-refractivity contribution in [2.45, 2.75) is 33.2 Å². The van der Waals surface area contributed by atoms with Gasteiger partial charge in [0.25, 0.3) is 0 Å². The molecule has 0 spiro atoms. The summed E-state index contributed by atoms with van der Waals surface area (Å²) in [7, 11) is 0. The van der Waals surface area contributed by atoms with Crippen LogP contribution in [0, 0.1) is 13.8 Å². The fraction of sp³-hybridized carbons (Fsp3) is 0.333. The normalized spacial score (nSPS) is 17.8. The summed E-state index contributed by atoms with van der Waals surface area (Å²) in [5, 5.41) is 2.12. The topological polar surface area (TPSA) is 37.6 Å². The van der Waals surface area contributed by atoms with Gasteiger partial charge >= 0.3 is 0 Å². The third-order valence-electron chi connectivity index (χ3n) is 4.61. The number of carbonyl (C=O) groups excluding carboxylic acids is 1. The molecule has 1 unspecified atom stereocenters. The Morgan fingerprint density at radius 2 is 2.25 bits per heavy atom. The van der Waals surface area contributed by atoms with Crippen molar-refractivity contribution in [3.63, 3.8) is 0 Å². The molecule has 4 rings (SSSR count). The first-order valence-corrected chi connectivity index (χ1v) is 9.74. The minimum Gasteiger partial charge on any atom is -0.332 e. The van der Waals surface area contributed by atoms with Crippen LogP contribution in [0.1, 0.15) is 39.7 Å². The van der Waals surface area contributed by atoms with E-state index in [0.717, 1.165) is 29.3 Å². The second kappa shape index (κ2) is 5.86. The van der Waals surface area contributed by atoms with Crippen molar-refractivity contribution in [2.75, 3.05) is 6.54 Å². The van der Waals surface area contributed by atoms with E-state index in [2.05, 4.69) is 40.9 Å². The van der Waals surface area contributed by atoms with Crippen molar-refractivity contribution < 1.29 is 4.79 Å². The van der Waals surface area contributed by atoms with Crippen LogP contribution in [-0.4, -0.2) is 26.7 Å². The zero-order valence-corrected chi connectivity index (χ0v) is 15.6. The van der Waals surface area contributed by atoms with E-state index < -0.39 is 0 Å². The van der Waals surface area contributed by atoms with Gasteiger partial charge in [-0.3, -0.25) is 9.20 Å². The molecule has 0 radical (unpaired) electrons. The SMILES string of the molecule is Cc1cn2c(/C=C/C(=O)N3CCc4sccc4C3C)c(C)nc2s1. The number of thiophene rings is 1. The van der Waals surface area contributed by atoms with Gasteiger partial charge in [-0.05, 0) is 50.3 Å². The smallest absolute Gasteiger partial charge is 0.247 e. The van der Waals surface area contributed by atoms with Crippen molar-refractivity contribution >= 4 is 39.6 Å². The molecule has 24 heavy (non-hydrogen) atoms. The third-order valence-corrected chi connectivity index (χ3v) is 6.50. The number of amides is 1. The van der Waals surface area contributed by atoms with Crippen LogP contribution in [0.2, 0.25) is 0 Å². The Morgan fingerprint density at radius 3 is 3.08 bits per heavy atom. The molecule has 1 atom stereocenters. The molecule has 0 bridgehead atoms. The summed E-state index contributed by atoms with van der Waals surface area (Å²) in [6.45, 7) is 6.96. The Hall–Kier alpha value is -1.92. The second-order valence-electron chi connectivity index (χ2n) is 6.17. The predicted octanol–water partition coefficient (Wildman–Crippen LogP) is 4.23. The average molecular weight is 358 g/mol. The van der Waals surface area contributed by atoms with E-state index in [1.807, 2.05) is 17.9 Å². The molecular weight excluding hydrogens is 338 g/mol. The van der Waals surface area contributed by atoms with Crippen LogP contribution in [0.4, 0.5) is 0 Å². The Balaban J connectivity index is 1.59. The van der Waals surface area contributed by atoms with Gasteiger partial charge in [-0.1, -0.05) is 0 Å². The Kier molecular flexibility index (Phi) is 3.81. The van der Waals surface area contributed by atoms with Gasteiger partial charge in [-0.2, -0.15) is 0 Å². The van der Waals surface area contributed by atoms with Crippen LogP contribution < -0.4 is 0 Å². The van der Waals surface area contributed by atoms with Crippen LogP contribution in [0.15, 0.2) is 23.7 Å². The van der Waals surface area contributed by atoms with E-state index in [1.54, 1.807) is 28.7 Å². The Bertz CT molecular complexity index is 947. The number of thiazole rings is 1. The summed E-state index contributed by atoms with van der Waals surface area (Å²) < 4.78 is 2.07. The molecular formula is C18H19N3OS2. The minimum absolute atomic E-state index is 0.0700. The number of rotatable bonds is 2. The maximum absolute atomic E-state index is 12.7. The standard InChI is InChI=1S/C18H19N3OS2/c1-11-10-21-15(12(2)19-18(21)24-11)4-5-17(22)20-8-6-16-14(13(20)3)7-9-23-16/h4-5,7,9-10,13H,6,8H2,1-3H3/b5-4+. The number of fused-ring (bicyclic) bond motifs is 2. The molecule has 0 aromatic carbocycles. The minimum atomic E-state index is 0.0700. The lowest BCUT2D eigenvalue weighted by Crippen LogP contribution is -2.37. The average Bonchev–Trinajstić information content (AvgIpc) is 3.20. The summed E-state index contributed by atoms with van der Waals surface area (Å²) in [6.07, 6.45) is 6.62. The number of carbonyl (C=O) groups is 1. The summed E-state index contributed by atoms with van der Waals surface area (Å²) >= 11 is 3.46. The molecule has 0 saturated heterocycles. The molecule has 0 fully saturated rings. The monoisotopic (exact) mass is 357 g/mol. The van der Waals surface area contributed by atoms with E-state index in [-0.39, 0.29) is 11.9 Å². The number of imidazole rings is 1. The van der Waals surface area contributed by atoms with Crippen LogP contribution >= 0.6 is 22.7 Å². The molecule has 0 aliphatic carbocycles. The molecule has 1 aliphatic rings. The molecule has 124 valence electrons. The summed E-state index contributed by atoms with van der Waals surface area (Å²) in [6, 6.07) is 2.29. The largest absolute Gasteiger partial charge is 0.332 e. The van der Waals surface area contributed by atoms with Crippen molar-refractivity contribution in [1.82, 2.24) is 14.3 Å². The lowest BCUT2D eigenvalue weighted by molar-refractivity contribution is -0.128. The van der Waals surface area contributed by atoms with Gasteiger partial charge in [-0.25, -0.2) is 4.98 Å². The van der Waals surface area contributed by atoms with E-state index in [9.17, 15) is 4.79 Å². The first kappa shape index (κ1) is 15.6. The Labute approximate surface area is 149 Å². The van der Waals surface area contributed by atoms with Gasteiger partial charge < -0.3 is 4.90 Å². The number of hydrogen-bond donors (Lipinski definition) is 0. The van der Waals surface area contributed by atoms with Gasteiger partial charge in [0.05, 0.1) is 17.4 Å². The summed E-state index contributed by atoms with van der Waals surface area (Å²) in [5.74, 6) is 0.0700. The van der Waals surface area contributed by atoms with Gasteiger partial charge in [0.2, 0.25) is 5.91 Å². The van der Waals surface area contributed by atoms with E-state index in [0.29, 0.717) is 0 Å². The molecule has 1 aliphatic heterocycles. The highest BCUT2D eigenvalue weighted by molar-refractivity contribution is 7.17. The van der Waals surface area contributed by atoms with Crippen molar-refractivity contribution in [2.24, 2.45) is 0 Å². The van der Waals surface area contributed by atoms with Crippen molar-refractivity contribution in [3.05, 3.63) is 50.4 Å². The molecule has 3 aromatic heterocycles. The molecule has 0 saturated carbocycles. The van der Waals surface area contributed by atoms with E-state index in [1.165, 1.54) is 15.3 Å². The van der Waals surface area contributed by atoms with Crippen molar-refractivity contribution in [3.8, 4) is 0 Å². The number of hydrogen-bond acceptors (Lipinski definition) is 4. The quantitative estimate of drug-likeness (QED) is 0.644. The number of nitrogens with zero attached hydrogens (tertiary/aromatic N) is 3. The van der Waals surface area contributed by atoms with Gasteiger partial charge in [-0.15, -0.1) is 22.7 Å². The lowest BCUT2D eigenvalue weighted by Gasteiger charge is -2.32. The first-order chi connectivity index (χ1) is 11.5. The van der Waals surface area contributed by atoms with Gasteiger partial charge in [0, 0.05) is 28.6 Å². The number of aromatic nitrogens is 2. The number of aryl methyl sites for hydroxylation is 2. The molecule has 4 heterocycles. The van der Waals surface area contributed by atoms with Gasteiger partial charge in [0.15, 0.2) is 4.96 Å². The third kappa shape index (κ3) is 2.50. The zero-order valence-electron chi connectivity index (χ0n) is 13.9. The maximum atomic E-state index is 12.7. The fourth-order valence-corrected chi connectivity index (χ4v) is 5.18. The molecule has 4 nitrogen and oxygen atoms in total. The molecule has 3 aromatic rings. The molecule has 6 heteroatoms. The highest BCUT2D eigenvalue weighted by Crippen LogP contribution is 2.33. The highest BCUT2D eigenvalue weighted by atomic mass is 32.1. The predicted molar refractivity (Wildman–Crippen MR) is 99.7 cm³/mol. The summed E-state index contributed by atoms with van der Waals surface area (Å²) in [4.78, 5) is 22.8. The maximum Gasteiger partial charge on any atom is 0.247 e. The molecule has 1 amide bonds.